The van der Waals surface area contributed by atoms with Gasteiger partial charge in [0.2, 0.25) is 0 Å². The molecular formula is C22H25F3O2. The van der Waals surface area contributed by atoms with Crippen molar-refractivity contribution in [1.29, 1.82) is 0 Å². The first-order valence-corrected chi connectivity index (χ1v) is 9.48. The first-order valence-electron chi connectivity index (χ1n) is 9.48. The van der Waals surface area contributed by atoms with Crippen LogP contribution in [-0.4, -0.2) is 19.3 Å². The fourth-order valence-corrected chi connectivity index (χ4v) is 3.36. The quantitative estimate of drug-likeness (QED) is 0.564. The molecule has 1 heterocycles. The van der Waals surface area contributed by atoms with Gasteiger partial charge in [-0.1, -0.05) is 37.6 Å². The van der Waals surface area contributed by atoms with Gasteiger partial charge in [0.1, 0.15) is 5.82 Å². The lowest BCUT2D eigenvalue weighted by Gasteiger charge is -2.29. The van der Waals surface area contributed by atoms with E-state index in [0.717, 1.165) is 24.8 Å². The highest BCUT2D eigenvalue weighted by molar-refractivity contribution is 5.66. The van der Waals surface area contributed by atoms with Crippen molar-refractivity contribution in [3.05, 3.63) is 58.9 Å². The molecule has 0 aromatic heterocycles. The van der Waals surface area contributed by atoms with Crippen molar-refractivity contribution in [1.82, 2.24) is 0 Å². The Kier molecular flexibility index (Phi) is 6.55. The summed E-state index contributed by atoms with van der Waals surface area (Å²) in [5.74, 6) is -2.58. The van der Waals surface area contributed by atoms with Gasteiger partial charge in [0.05, 0.1) is 18.8 Å². The minimum atomic E-state index is -1.04. The molecule has 2 aromatic rings. The molecule has 2 unspecified atom stereocenters. The summed E-state index contributed by atoms with van der Waals surface area (Å²) in [5, 5.41) is 0. The molecule has 146 valence electrons. The molecule has 0 bridgehead atoms. The lowest BCUT2D eigenvalue weighted by Crippen LogP contribution is -2.28. The van der Waals surface area contributed by atoms with Crippen molar-refractivity contribution in [2.45, 2.75) is 51.7 Å². The van der Waals surface area contributed by atoms with Gasteiger partial charge in [-0.3, -0.25) is 0 Å². The SMILES string of the molecule is CCCCOC1CCC(c2ccc(-c3ccc(C)cc3F)c(F)c2F)OC1. The van der Waals surface area contributed by atoms with E-state index in [1.165, 1.54) is 24.3 Å². The summed E-state index contributed by atoms with van der Waals surface area (Å²) in [7, 11) is 0. The molecule has 1 saturated heterocycles. The molecule has 0 radical (unpaired) electrons. The second-order valence-electron chi connectivity index (χ2n) is 7.06. The maximum atomic E-state index is 14.7. The molecule has 27 heavy (non-hydrogen) atoms. The monoisotopic (exact) mass is 378 g/mol. The van der Waals surface area contributed by atoms with Crippen molar-refractivity contribution in [3.8, 4) is 11.1 Å². The summed E-state index contributed by atoms with van der Waals surface area (Å²) >= 11 is 0. The highest BCUT2D eigenvalue weighted by Gasteiger charge is 2.28. The summed E-state index contributed by atoms with van der Waals surface area (Å²) in [6, 6.07) is 7.37. The summed E-state index contributed by atoms with van der Waals surface area (Å²) in [6.45, 7) is 4.89. The lowest BCUT2D eigenvalue weighted by molar-refractivity contribution is -0.0881. The Morgan fingerprint density at radius 3 is 2.48 bits per heavy atom. The van der Waals surface area contributed by atoms with E-state index in [1.54, 1.807) is 13.0 Å². The molecule has 3 rings (SSSR count). The second kappa shape index (κ2) is 8.89. The van der Waals surface area contributed by atoms with E-state index in [0.29, 0.717) is 19.6 Å². The van der Waals surface area contributed by atoms with E-state index >= 15 is 0 Å². The third kappa shape index (κ3) is 4.53. The molecule has 1 aliphatic rings. The topological polar surface area (TPSA) is 18.5 Å². The van der Waals surface area contributed by atoms with Crippen molar-refractivity contribution in [2.24, 2.45) is 0 Å². The summed E-state index contributed by atoms with van der Waals surface area (Å²) in [4.78, 5) is 0. The number of hydrogen-bond donors (Lipinski definition) is 0. The highest BCUT2D eigenvalue weighted by Crippen LogP contribution is 2.35. The smallest absolute Gasteiger partial charge is 0.167 e. The zero-order chi connectivity index (χ0) is 19.4. The van der Waals surface area contributed by atoms with Crippen LogP contribution >= 0.6 is 0 Å². The zero-order valence-electron chi connectivity index (χ0n) is 15.7. The Morgan fingerprint density at radius 2 is 1.81 bits per heavy atom. The van der Waals surface area contributed by atoms with Crippen LogP contribution in [-0.2, 0) is 9.47 Å². The lowest BCUT2D eigenvalue weighted by atomic mass is 9.95. The molecule has 0 N–H and O–H groups in total. The summed E-state index contributed by atoms with van der Waals surface area (Å²) in [5.41, 5.74) is 0.874. The van der Waals surface area contributed by atoms with Gasteiger partial charge in [-0.2, -0.15) is 0 Å². The van der Waals surface area contributed by atoms with Gasteiger partial charge >= 0.3 is 0 Å². The van der Waals surface area contributed by atoms with Crippen LogP contribution in [0.5, 0.6) is 0 Å². The Bertz CT molecular complexity index is 783. The van der Waals surface area contributed by atoms with Crippen molar-refractivity contribution < 1.29 is 22.6 Å². The third-order valence-electron chi connectivity index (χ3n) is 4.96. The molecule has 2 atom stereocenters. The largest absolute Gasteiger partial charge is 0.376 e. The molecule has 1 fully saturated rings. The molecule has 0 amide bonds. The predicted molar refractivity (Wildman–Crippen MR) is 99.1 cm³/mol. The summed E-state index contributed by atoms with van der Waals surface area (Å²) in [6.07, 6.45) is 2.85. The number of ether oxygens (including phenoxy) is 2. The number of aryl methyl sites for hydroxylation is 1. The molecule has 0 spiro atoms. The Balaban J connectivity index is 1.74. The second-order valence-corrected chi connectivity index (χ2v) is 7.06. The molecule has 2 nitrogen and oxygen atoms in total. The van der Waals surface area contributed by atoms with Crippen LogP contribution in [0.3, 0.4) is 0 Å². The van der Waals surface area contributed by atoms with E-state index < -0.39 is 23.6 Å². The van der Waals surface area contributed by atoms with Gasteiger partial charge in [-0.25, -0.2) is 13.2 Å². The van der Waals surface area contributed by atoms with Gasteiger partial charge in [0, 0.05) is 23.3 Å². The Hall–Kier alpha value is -1.85. The highest BCUT2D eigenvalue weighted by atomic mass is 19.2. The Morgan fingerprint density at radius 1 is 1.04 bits per heavy atom. The molecule has 2 aromatic carbocycles. The van der Waals surface area contributed by atoms with Gasteiger partial charge in [-0.05, 0) is 37.8 Å². The first-order chi connectivity index (χ1) is 13.0. The number of rotatable bonds is 6. The van der Waals surface area contributed by atoms with Crippen molar-refractivity contribution >= 4 is 0 Å². The first kappa shape index (κ1) is 19.9. The fraction of sp³-hybridized carbons (Fsp3) is 0.455. The molecular weight excluding hydrogens is 353 g/mol. The van der Waals surface area contributed by atoms with Crippen molar-refractivity contribution in [2.75, 3.05) is 13.2 Å². The Labute approximate surface area is 158 Å². The van der Waals surface area contributed by atoms with Gasteiger partial charge in [-0.15, -0.1) is 0 Å². The van der Waals surface area contributed by atoms with E-state index in [1.807, 2.05) is 0 Å². The standard InChI is InChI=1S/C22H25F3O2/c1-3-4-11-26-15-6-10-20(27-13-15)18-9-8-17(21(24)22(18)25)16-7-5-14(2)12-19(16)23/h5,7-9,12,15,20H,3-4,6,10-11,13H2,1-2H3. The number of halogens is 3. The maximum absolute atomic E-state index is 14.7. The van der Waals surface area contributed by atoms with Crippen LogP contribution in [0.1, 0.15) is 49.8 Å². The van der Waals surface area contributed by atoms with Crippen LogP contribution in [0.2, 0.25) is 0 Å². The third-order valence-corrected chi connectivity index (χ3v) is 4.96. The van der Waals surface area contributed by atoms with Crippen LogP contribution in [0, 0.1) is 24.4 Å². The zero-order valence-corrected chi connectivity index (χ0v) is 15.7. The molecule has 0 aliphatic carbocycles. The summed E-state index contributed by atoms with van der Waals surface area (Å²) < 4.78 is 54.9. The van der Waals surface area contributed by atoms with Gasteiger partial charge in [0.25, 0.3) is 0 Å². The average Bonchev–Trinajstić information content (AvgIpc) is 2.66. The number of hydrogen-bond acceptors (Lipinski definition) is 2. The number of benzene rings is 2. The van der Waals surface area contributed by atoms with Gasteiger partial charge in [0.15, 0.2) is 11.6 Å². The molecule has 5 heteroatoms. The van der Waals surface area contributed by atoms with E-state index in [2.05, 4.69) is 6.92 Å². The maximum Gasteiger partial charge on any atom is 0.167 e. The van der Waals surface area contributed by atoms with Crippen LogP contribution in [0.15, 0.2) is 30.3 Å². The minimum Gasteiger partial charge on any atom is -0.376 e. The average molecular weight is 378 g/mol. The minimum absolute atomic E-state index is 0.00151. The van der Waals surface area contributed by atoms with E-state index in [9.17, 15) is 13.2 Å². The van der Waals surface area contributed by atoms with Crippen LogP contribution in [0.4, 0.5) is 13.2 Å². The number of unbranched alkanes of at least 4 members (excludes halogenated alkanes) is 1. The molecule has 1 aliphatic heterocycles. The van der Waals surface area contributed by atoms with Gasteiger partial charge < -0.3 is 9.47 Å². The van der Waals surface area contributed by atoms with Crippen molar-refractivity contribution in [3.63, 3.8) is 0 Å². The van der Waals surface area contributed by atoms with E-state index in [-0.39, 0.29) is 22.8 Å². The molecule has 0 saturated carbocycles. The fourth-order valence-electron chi connectivity index (χ4n) is 3.36. The van der Waals surface area contributed by atoms with E-state index in [4.69, 9.17) is 9.47 Å². The predicted octanol–water partition coefficient (Wildman–Crippen LogP) is 6.12. The van der Waals surface area contributed by atoms with Crippen LogP contribution < -0.4 is 0 Å². The van der Waals surface area contributed by atoms with Crippen LogP contribution in [0.25, 0.3) is 11.1 Å². The normalized spacial score (nSPS) is 20.0.